The van der Waals surface area contributed by atoms with Crippen LogP contribution in [0.4, 0.5) is 18.9 Å². The molecule has 1 aromatic rings. The summed E-state index contributed by atoms with van der Waals surface area (Å²) in [4.78, 5) is 10.9. The van der Waals surface area contributed by atoms with Crippen LogP contribution in [-0.2, 0) is 10.0 Å². The van der Waals surface area contributed by atoms with Crippen LogP contribution in [0.15, 0.2) is 23.1 Å². The number of hydrogen-bond acceptors (Lipinski definition) is 4. The van der Waals surface area contributed by atoms with E-state index in [-0.39, 0.29) is 16.9 Å². The van der Waals surface area contributed by atoms with Gasteiger partial charge < -0.3 is 10.4 Å². The summed E-state index contributed by atoms with van der Waals surface area (Å²) in [5, 5.41) is 12.0. The molecule has 25 heavy (non-hydrogen) atoms. The van der Waals surface area contributed by atoms with E-state index < -0.39 is 28.6 Å². The first-order valence-corrected chi connectivity index (χ1v) is 8.99. The van der Waals surface area contributed by atoms with Crippen molar-refractivity contribution in [2.45, 2.75) is 36.8 Å². The Balaban J connectivity index is 2.75. The second-order valence-electron chi connectivity index (χ2n) is 5.66. The molecule has 0 radical (unpaired) electrons. The maximum absolute atomic E-state index is 12.2. The van der Waals surface area contributed by atoms with Crippen molar-refractivity contribution in [3.8, 4) is 0 Å². The number of carboxylic acids is 1. The summed E-state index contributed by atoms with van der Waals surface area (Å²) in [7, 11) is -1.36. The predicted molar refractivity (Wildman–Crippen MR) is 87.3 cm³/mol. The number of alkyl halides is 3. The topological polar surface area (TPSA) is 86.7 Å². The zero-order valence-electron chi connectivity index (χ0n) is 13.9. The van der Waals surface area contributed by atoms with Crippen LogP contribution in [-0.4, -0.2) is 50.6 Å². The minimum absolute atomic E-state index is 0.0311. The zero-order chi connectivity index (χ0) is 19.3. The van der Waals surface area contributed by atoms with Gasteiger partial charge in [-0.05, 0) is 31.0 Å². The van der Waals surface area contributed by atoms with Crippen molar-refractivity contribution in [3.63, 3.8) is 0 Å². The van der Waals surface area contributed by atoms with Crippen molar-refractivity contribution < 1.29 is 31.5 Å². The van der Waals surface area contributed by atoms with Crippen LogP contribution in [0.2, 0.25) is 0 Å². The number of nitrogens with one attached hydrogen (secondary N) is 1. The molecule has 0 heterocycles. The van der Waals surface area contributed by atoms with Gasteiger partial charge in [0.1, 0.15) is 0 Å². The summed E-state index contributed by atoms with van der Waals surface area (Å²) in [5.41, 5.74) is 0.0469. The Morgan fingerprint density at radius 2 is 1.84 bits per heavy atom. The summed E-state index contributed by atoms with van der Waals surface area (Å²) in [6.45, 7) is 0.353. The Hall–Kier alpha value is -1.81. The van der Waals surface area contributed by atoms with E-state index in [0.29, 0.717) is 25.1 Å². The fourth-order valence-corrected chi connectivity index (χ4v) is 3.18. The Labute approximate surface area is 144 Å². The number of rotatable bonds is 9. The van der Waals surface area contributed by atoms with E-state index in [1.54, 1.807) is 0 Å². The molecule has 0 unspecified atom stereocenters. The molecule has 0 spiro atoms. The number of anilines is 1. The quantitative estimate of drug-likeness (QED) is 0.641. The maximum Gasteiger partial charge on any atom is 0.389 e. The fraction of sp³-hybridized carbons (Fsp3) is 0.533. The summed E-state index contributed by atoms with van der Waals surface area (Å²) < 4.78 is 61.5. The lowest BCUT2D eigenvalue weighted by Gasteiger charge is -2.15. The minimum Gasteiger partial charge on any atom is -0.478 e. The van der Waals surface area contributed by atoms with Crippen LogP contribution in [0, 0.1) is 0 Å². The van der Waals surface area contributed by atoms with Crippen LogP contribution in [0.1, 0.15) is 36.0 Å². The number of unbranched alkanes of at least 4 members (excludes halogenated alkanes) is 2. The first kappa shape index (κ1) is 21.2. The molecule has 0 amide bonds. The zero-order valence-corrected chi connectivity index (χ0v) is 14.7. The smallest absolute Gasteiger partial charge is 0.389 e. The largest absolute Gasteiger partial charge is 0.478 e. The van der Waals surface area contributed by atoms with Crippen LogP contribution in [0.25, 0.3) is 0 Å². The van der Waals surface area contributed by atoms with Gasteiger partial charge in [0.25, 0.3) is 0 Å². The highest BCUT2D eigenvalue weighted by Gasteiger charge is 2.26. The van der Waals surface area contributed by atoms with Gasteiger partial charge in [0.2, 0.25) is 10.0 Å². The van der Waals surface area contributed by atoms with Crippen LogP contribution < -0.4 is 5.32 Å². The van der Waals surface area contributed by atoms with Crippen molar-refractivity contribution in [3.05, 3.63) is 23.8 Å². The fourth-order valence-electron chi connectivity index (χ4n) is 2.08. The number of halogens is 3. The Kier molecular flexibility index (Phi) is 7.24. The molecule has 0 bridgehead atoms. The molecule has 6 nitrogen and oxygen atoms in total. The molecule has 1 aromatic carbocycles. The third-order valence-corrected chi connectivity index (χ3v) is 5.29. The molecule has 0 aliphatic heterocycles. The molecule has 0 aliphatic carbocycles. The van der Waals surface area contributed by atoms with E-state index in [1.165, 1.54) is 32.3 Å². The maximum atomic E-state index is 12.2. The highest BCUT2D eigenvalue weighted by Crippen LogP contribution is 2.24. The molecule has 0 atom stereocenters. The average molecular weight is 382 g/mol. The average Bonchev–Trinajstić information content (AvgIpc) is 2.49. The number of nitrogens with zero attached hydrogens (tertiary/aromatic N) is 1. The lowest BCUT2D eigenvalue weighted by atomic mass is 10.1. The lowest BCUT2D eigenvalue weighted by Crippen LogP contribution is -2.24. The SMILES string of the molecule is CN(C)S(=O)(=O)c1cc(NCCCCCC(F)(F)F)ccc1C(=O)O. The van der Waals surface area contributed by atoms with Gasteiger partial charge in [0, 0.05) is 32.7 Å². The minimum atomic E-state index is -4.16. The lowest BCUT2D eigenvalue weighted by molar-refractivity contribution is -0.135. The summed E-state index contributed by atoms with van der Waals surface area (Å²) in [5.74, 6) is -1.36. The third kappa shape index (κ3) is 6.54. The highest BCUT2D eigenvalue weighted by molar-refractivity contribution is 7.89. The van der Waals surface area contributed by atoms with Crippen molar-refractivity contribution in [2.24, 2.45) is 0 Å². The van der Waals surface area contributed by atoms with Gasteiger partial charge in [-0.15, -0.1) is 0 Å². The van der Waals surface area contributed by atoms with Gasteiger partial charge in [-0.1, -0.05) is 6.42 Å². The van der Waals surface area contributed by atoms with Gasteiger partial charge in [-0.2, -0.15) is 13.2 Å². The van der Waals surface area contributed by atoms with Gasteiger partial charge in [0.15, 0.2) is 0 Å². The van der Waals surface area contributed by atoms with Gasteiger partial charge in [-0.3, -0.25) is 0 Å². The van der Waals surface area contributed by atoms with E-state index in [2.05, 4.69) is 5.32 Å². The van der Waals surface area contributed by atoms with Gasteiger partial charge in [0.05, 0.1) is 10.5 Å². The van der Waals surface area contributed by atoms with E-state index >= 15 is 0 Å². The Morgan fingerprint density at radius 1 is 1.20 bits per heavy atom. The molecule has 0 saturated heterocycles. The number of aromatic carboxylic acids is 1. The number of sulfonamides is 1. The molecule has 0 aromatic heterocycles. The summed E-state index contributed by atoms with van der Waals surface area (Å²) in [6.07, 6.45) is -4.10. The summed E-state index contributed by atoms with van der Waals surface area (Å²) >= 11 is 0. The normalized spacial score (nSPS) is 12.4. The number of carbonyl (C=O) groups is 1. The van der Waals surface area contributed by atoms with E-state index in [1.807, 2.05) is 0 Å². The Morgan fingerprint density at radius 3 is 2.36 bits per heavy atom. The number of carboxylic acid groups (broad SMARTS) is 1. The van der Waals surface area contributed by atoms with Crippen LogP contribution in [0.5, 0.6) is 0 Å². The van der Waals surface area contributed by atoms with Crippen LogP contribution in [0.3, 0.4) is 0 Å². The monoisotopic (exact) mass is 382 g/mol. The molecule has 0 fully saturated rings. The second-order valence-corrected chi connectivity index (χ2v) is 7.78. The first-order chi connectivity index (χ1) is 11.4. The predicted octanol–water partition coefficient (Wildman–Crippen LogP) is 3.17. The molecule has 1 rings (SSSR count). The van der Waals surface area contributed by atoms with Crippen molar-refractivity contribution in [2.75, 3.05) is 26.0 Å². The molecular formula is C15H21F3N2O4S. The molecular weight excluding hydrogens is 361 g/mol. The molecule has 142 valence electrons. The molecule has 0 saturated carbocycles. The van der Waals surface area contributed by atoms with Crippen LogP contribution >= 0.6 is 0 Å². The van der Waals surface area contributed by atoms with Gasteiger partial charge in [-0.25, -0.2) is 17.5 Å². The van der Waals surface area contributed by atoms with E-state index in [4.69, 9.17) is 5.11 Å². The van der Waals surface area contributed by atoms with E-state index in [9.17, 15) is 26.4 Å². The first-order valence-electron chi connectivity index (χ1n) is 7.55. The second kappa shape index (κ2) is 8.52. The van der Waals surface area contributed by atoms with Gasteiger partial charge >= 0.3 is 12.1 Å². The third-order valence-electron chi connectivity index (χ3n) is 3.44. The standard InChI is InChI=1S/C15H21F3N2O4S/c1-20(2)25(23,24)13-10-11(6-7-12(13)14(21)22)19-9-5-3-4-8-15(16,17)18/h6-7,10,19H,3-5,8-9H2,1-2H3,(H,21,22). The molecule has 2 N–H and O–H groups in total. The van der Waals surface area contributed by atoms with Crippen molar-refractivity contribution >= 4 is 21.7 Å². The summed E-state index contributed by atoms with van der Waals surface area (Å²) in [6, 6.07) is 3.83. The highest BCUT2D eigenvalue weighted by atomic mass is 32.2. The number of benzene rings is 1. The van der Waals surface area contributed by atoms with Crippen molar-refractivity contribution in [1.29, 1.82) is 0 Å². The Bertz CT molecular complexity index is 703. The van der Waals surface area contributed by atoms with Crippen molar-refractivity contribution in [1.82, 2.24) is 4.31 Å². The molecule has 0 aliphatic rings. The van der Waals surface area contributed by atoms with E-state index in [0.717, 1.165) is 4.31 Å². The molecule has 10 heteroatoms. The number of hydrogen-bond donors (Lipinski definition) is 2.